The van der Waals surface area contributed by atoms with Crippen LogP contribution in [0.1, 0.15) is 37.8 Å². The minimum absolute atomic E-state index is 0.198. The van der Waals surface area contributed by atoms with Crippen molar-refractivity contribution in [1.82, 2.24) is 15.1 Å². The fraction of sp³-hybridized carbons (Fsp3) is 0.500. The van der Waals surface area contributed by atoms with Gasteiger partial charge in [0.25, 0.3) is 5.91 Å². The third kappa shape index (κ3) is 2.46. The van der Waals surface area contributed by atoms with E-state index in [1.165, 1.54) is 0 Å². The predicted molar refractivity (Wildman–Crippen MR) is 89.2 cm³/mol. The van der Waals surface area contributed by atoms with E-state index in [2.05, 4.69) is 5.32 Å². The first-order valence-corrected chi connectivity index (χ1v) is 8.53. The van der Waals surface area contributed by atoms with Crippen molar-refractivity contribution in [3.05, 3.63) is 35.4 Å². The van der Waals surface area contributed by atoms with Crippen molar-refractivity contribution >= 4 is 17.8 Å². The quantitative estimate of drug-likeness (QED) is 0.854. The molecule has 2 aliphatic rings. The van der Waals surface area contributed by atoms with Gasteiger partial charge in [-0.1, -0.05) is 24.3 Å². The summed E-state index contributed by atoms with van der Waals surface area (Å²) in [6.07, 6.45) is 2.31. The summed E-state index contributed by atoms with van der Waals surface area (Å²) >= 11 is 0. The van der Waals surface area contributed by atoms with Crippen LogP contribution in [-0.2, 0) is 21.5 Å². The van der Waals surface area contributed by atoms with E-state index in [0.29, 0.717) is 19.5 Å². The Labute approximate surface area is 141 Å². The third-order valence-electron chi connectivity index (χ3n) is 5.06. The maximum atomic E-state index is 13.1. The molecule has 1 aliphatic heterocycles. The summed E-state index contributed by atoms with van der Waals surface area (Å²) in [5.41, 5.74) is 0.955. The normalized spacial score (nSPS) is 22.5. The van der Waals surface area contributed by atoms with Gasteiger partial charge in [-0.25, -0.2) is 4.79 Å². The second-order valence-corrected chi connectivity index (χ2v) is 6.30. The number of aryl methyl sites for hydroxylation is 1. The van der Waals surface area contributed by atoms with Gasteiger partial charge in [0.05, 0.1) is 0 Å². The molecule has 128 valence electrons. The van der Waals surface area contributed by atoms with E-state index >= 15 is 0 Å². The lowest BCUT2D eigenvalue weighted by Crippen LogP contribution is -2.47. The van der Waals surface area contributed by atoms with Gasteiger partial charge in [-0.2, -0.15) is 0 Å². The molecule has 6 heteroatoms. The highest BCUT2D eigenvalue weighted by atomic mass is 16.2. The van der Waals surface area contributed by atoms with E-state index in [4.69, 9.17) is 0 Å². The number of nitrogens with zero attached hydrogens (tertiary/aromatic N) is 2. The second-order valence-electron chi connectivity index (χ2n) is 6.30. The molecule has 4 amide bonds. The fourth-order valence-corrected chi connectivity index (χ4v) is 3.77. The van der Waals surface area contributed by atoms with Crippen LogP contribution in [0.4, 0.5) is 4.79 Å². The van der Waals surface area contributed by atoms with Gasteiger partial charge in [-0.15, -0.1) is 0 Å². The van der Waals surface area contributed by atoms with E-state index in [0.717, 1.165) is 28.9 Å². The van der Waals surface area contributed by atoms with Crippen LogP contribution in [0.5, 0.6) is 0 Å². The zero-order chi connectivity index (χ0) is 17.3. The number of benzene rings is 1. The first-order chi connectivity index (χ1) is 11.5. The first-order valence-electron chi connectivity index (χ1n) is 8.53. The Morgan fingerprint density at radius 3 is 2.67 bits per heavy atom. The van der Waals surface area contributed by atoms with E-state index in [1.807, 2.05) is 38.1 Å². The molecule has 1 unspecified atom stereocenters. The van der Waals surface area contributed by atoms with Gasteiger partial charge in [0.15, 0.2) is 0 Å². The Kier molecular flexibility index (Phi) is 4.30. The topological polar surface area (TPSA) is 69.7 Å². The summed E-state index contributed by atoms with van der Waals surface area (Å²) < 4.78 is 0. The van der Waals surface area contributed by atoms with Crippen molar-refractivity contribution in [3.8, 4) is 0 Å². The van der Waals surface area contributed by atoms with Crippen LogP contribution in [0.2, 0.25) is 0 Å². The molecule has 24 heavy (non-hydrogen) atoms. The summed E-state index contributed by atoms with van der Waals surface area (Å²) in [5.74, 6) is -0.509. The van der Waals surface area contributed by atoms with Gasteiger partial charge < -0.3 is 10.2 Å². The van der Waals surface area contributed by atoms with E-state index in [-0.39, 0.29) is 18.4 Å². The van der Waals surface area contributed by atoms with Crippen LogP contribution in [0.25, 0.3) is 0 Å². The molecular weight excluding hydrogens is 306 g/mol. The lowest BCUT2D eigenvalue weighted by atomic mass is 9.76. The van der Waals surface area contributed by atoms with Crippen LogP contribution in [0.15, 0.2) is 24.3 Å². The Hall–Kier alpha value is -2.37. The molecule has 1 fully saturated rings. The molecule has 0 radical (unpaired) electrons. The number of fused-ring (bicyclic) bond motifs is 2. The van der Waals surface area contributed by atoms with Crippen LogP contribution in [0.3, 0.4) is 0 Å². The van der Waals surface area contributed by atoms with Gasteiger partial charge in [0.1, 0.15) is 12.1 Å². The lowest BCUT2D eigenvalue weighted by Gasteiger charge is -2.33. The van der Waals surface area contributed by atoms with Crippen LogP contribution >= 0.6 is 0 Å². The average Bonchev–Trinajstić information content (AvgIpc) is 2.81. The summed E-state index contributed by atoms with van der Waals surface area (Å²) in [5, 5.41) is 2.87. The van der Waals surface area contributed by atoms with Crippen molar-refractivity contribution in [3.63, 3.8) is 0 Å². The molecule has 6 nitrogen and oxygen atoms in total. The molecule has 0 aromatic heterocycles. The average molecular weight is 329 g/mol. The molecule has 1 aromatic carbocycles. The number of carbonyl (C=O) groups excluding carboxylic acids is 3. The Morgan fingerprint density at radius 1 is 1.25 bits per heavy atom. The highest BCUT2D eigenvalue weighted by molar-refractivity contribution is 6.09. The molecule has 1 atom stereocenters. The molecule has 0 bridgehead atoms. The maximum Gasteiger partial charge on any atom is 0.325 e. The number of nitrogens with one attached hydrogen (secondary N) is 1. The lowest BCUT2D eigenvalue weighted by molar-refractivity contribution is -0.139. The minimum Gasteiger partial charge on any atom is -0.342 e. The number of likely N-dealkylation sites (N-methyl/N-ethyl adjacent to an activating group) is 1. The van der Waals surface area contributed by atoms with E-state index in [9.17, 15) is 14.4 Å². The summed E-state index contributed by atoms with van der Waals surface area (Å²) in [6.45, 7) is 4.69. The molecule has 1 N–H and O–H groups in total. The largest absolute Gasteiger partial charge is 0.342 e. The first kappa shape index (κ1) is 16.5. The number of carbonyl (C=O) groups is 3. The van der Waals surface area contributed by atoms with Crippen LogP contribution in [-0.4, -0.2) is 47.3 Å². The van der Waals surface area contributed by atoms with Crippen LogP contribution < -0.4 is 5.32 Å². The molecule has 1 spiro atoms. The van der Waals surface area contributed by atoms with Gasteiger partial charge >= 0.3 is 6.03 Å². The highest BCUT2D eigenvalue weighted by Crippen LogP contribution is 2.39. The second kappa shape index (κ2) is 6.26. The molecule has 1 aromatic rings. The SMILES string of the molecule is CCN(CC)C(=O)CN1C(=O)NC2(CCCc3ccccc32)C1=O. The molecule has 0 saturated carbocycles. The molecule has 1 saturated heterocycles. The monoisotopic (exact) mass is 329 g/mol. The van der Waals surface area contributed by atoms with E-state index < -0.39 is 11.6 Å². The van der Waals surface area contributed by atoms with Crippen molar-refractivity contribution in [2.75, 3.05) is 19.6 Å². The Bertz CT molecular complexity index is 684. The minimum atomic E-state index is -1.00. The molecule has 3 rings (SSSR count). The Morgan fingerprint density at radius 2 is 1.96 bits per heavy atom. The van der Waals surface area contributed by atoms with Crippen molar-refractivity contribution in [2.45, 2.75) is 38.6 Å². The molecular formula is C18H23N3O3. The number of rotatable bonds is 4. The number of imide groups is 1. The number of hydrogen-bond acceptors (Lipinski definition) is 3. The third-order valence-corrected chi connectivity index (χ3v) is 5.06. The van der Waals surface area contributed by atoms with Crippen molar-refractivity contribution in [1.29, 1.82) is 0 Å². The van der Waals surface area contributed by atoms with Gasteiger partial charge in [-0.05, 0) is 44.2 Å². The van der Waals surface area contributed by atoms with Crippen molar-refractivity contribution in [2.24, 2.45) is 0 Å². The Balaban J connectivity index is 1.89. The number of amides is 4. The summed E-state index contributed by atoms with van der Waals surface area (Å²) in [7, 11) is 0. The number of hydrogen-bond donors (Lipinski definition) is 1. The standard InChI is InChI=1S/C18H23N3O3/c1-3-20(4-2)15(22)12-21-16(23)18(19-17(21)24)11-7-9-13-8-5-6-10-14(13)18/h5-6,8,10H,3-4,7,9,11-12H2,1-2H3,(H,19,24). The van der Waals surface area contributed by atoms with E-state index in [1.54, 1.807) is 4.90 Å². The fourth-order valence-electron chi connectivity index (χ4n) is 3.77. The zero-order valence-corrected chi connectivity index (χ0v) is 14.2. The van der Waals surface area contributed by atoms with Crippen LogP contribution in [0, 0.1) is 0 Å². The maximum absolute atomic E-state index is 13.1. The van der Waals surface area contributed by atoms with Gasteiger partial charge in [0.2, 0.25) is 5.91 Å². The molecule has 1 aliphatic carbocycles. The summed E-state index contributed by atoms with van der Waals surface area (Å²) in [6, 6.07) is 7.26. The zero-order valence-electron chi connectivity index (χ0n) is 14.2. The predicted octanol–water partition coefficient (Wildman–Crippen LogP) is 1.64. The highest BCUT2D eigenvalue weighted by Gasteiger charge is 2.54. The molecule has 1 heterocycles. The van der Waals surface area contributed by atoms with Gasteiger partial charge in [0, 0.05) is 13.1 Å². The van der Waals surface area contributed by atoms with Gasteiger partial charge in [-0.3, -0.25) is 14.5 Å². The number of urea groups is 1. The smallest absolute Gasteiger partial charge is 0.325 e. The summed E-state index contributed by atoms with van der Waals surface area (Å²) in [4.78, 5) is 40.5. The van der Waals surface area contributed by atoms with Crippen molar-refractivity contribution < 1.29 is 14.4 Å².